The summed E-state index contributed by atoms with van der Waals surface area (Å²) in [6, 6.07) is 69.8. The number of nitrogens with zero attached hydrogens (tertiary/aromatic N) is 15. The molecule has 11 heterocycles. The maximum Gasteiger partial charge on any atom is 0.135 e. The molecule has 21 heteroatoms. The molecular formula is C100H129N21. The molecule has 0 unspecified atom stereocenters. The van der Waals surface area contributed by atoms with Crippen LogP contribution in [0.4, 0.5) is 23.3 Å². The first-order valence-electron chi connectivity index (χ1n) is 43.4. The number of rotatable bonds is 5. The van der Waals surface area contributed by atoms with Crippen LogP contribution in [-0.2, 0) is 51.4 Å². The number of H-pyrrole nitrogens is 2. The van der Waals surface area contributed by atoms with E-state index in [2.05, 4.69) is 173 Å². The van der Waals surface area contributed by atoms with Crippen LogP contribution < -0.4 is 22.9 Å². The average Bonchev–Trinajstić information content (AvgIpc) is 1.61. The van der Waals surface area contributed by atoms with Gasteiger partial charge in [-0.25, -0.2) is 24.9 Å². The van der Waals surface area contributed by atoms with Gasteiger partial charge >= 0.3 is 0 Å². The van der Waals surface area contributed by atoms with Crippen molar-refractivity contribution >= 4 is 77.9 Å². The van der Waals surface area contributed by atoms with Gasteiger partial charge in [-0.15, -0.1) is 0 Å². The molecule has 21 nitrogen and oxygen atoms in total. The molecule has 0 spiro atoms. The van der Waals surface area contributed by atoms with E-state index in [9.17, 15) is 0 Å². The summed E-state index contributed by atoms with van der Waals surface area (Å²) in [4.78, 5) is 27.7. The van der Waals surface area contributed by atoms with Gasteiger partial charge in [-0.3, -0.25) is 28.8 Å². The predicted molar refractivity (Wildman–Crippen MR) is 509 cm³/mol. The largest absolute Gasteiger partial charge is 0.383 e. The molecule has 0 fully saturated rings. The van der Waals surface area contributed by atoms with Crippen molar-refractivity contribution in [2.75, 3.05) is 22.9 Å². The van der Waals surface area contributed by atoms with Crippen LogP contribution in [0.1, 0.15) is 197 Å². The highest BCUT2D eigenvalue weighted by Crippen LogP contribution is 2.40. The Kier molecular flexibility index (Phi) is 39.2. The number of fused-ring (bicyclic) bond motifs is 9. The van der Waals surface area contributed by atoms with E-state index in [0.717, 1.165) is 134 Å². The minimum Gasteiger partial charge on any atom is -0.383 e. The van der Waals surface area contributed by atoms with Crippen LogP contribution >= 0.6 is 0 Å². The average molecular weight is 1630 g/mol. The Morgan fingerprint density at radius 1 is 0.289 bits per heavy atom. The molecule has 0 aliphatic heterocycles. The molecule has 17 aromatic rings. The van der Waals surface area contributed by atoms with E-state index >= 15 is 0 Å². The number of benzene rings is 6. The summed E-state index contributed by atoms with van der Waals surface area (Å²) in [6.45, 7) is 38.0. The number of para-hydroxylation sites is 2. The Balaban J connectivity index is 0.000000196. The molecule has 0 radical (unpaired) electrons. The number of aryl methyl sites for hydroxylation is 3. The Bertz CT molecular complexity index is 5300. The zero-order valence-corrected chi connectivity index (χ0v) is 74.7. The fraction of sp³-hybridized carbons (Fsp3) is 0.310. The molecule has 10 N–H and O–H groups in total. The van der Waals surface area contributed by atoms with Crippen LogP contribution in [0, 0.1) is 20.8 Å². The minimum atomic E-state index is 0.319. The smallest absolute Gasteiger partial charge is 0.135 e. The number of hydrogen-bond donors (Lipinski definition) is 6. The van der Waals surface area contributed by atoms with Crippen molar-refractivity contribution in [2.45, 2.75) is 207 Å². The van der Waals surface area contributed by atoms with Crippen LogP contribution in [0.3, 0.4) is 0 Å². The predicted octanol–water partition coefficient (Wildman–Crippen LogP) is 23.3. The molecule has 0 saturated heterocycles. The molecule has 0 saturated carbocycles. The molecular weight excluding hydrogens is 1500 g/mol. The van der Waals surface area contributed by atoms with Crippen LogP contribution in [0.25, 0.3) is 65.9 Å². The van der Waals surface area contributed by atoms with Crippen molar-refractivity contribution in [3.63, 3.8) is 0 Å². The first-order valence-corrected chi connectivity index (χ1v) is 43.4. The lowest BCUT2D eigenvalue weighted by molar-refractivity contribution is 0.488. The Hall–Kier alpha value is -13.2. The van der Waals surface area contributed by atoms with E-state index in [0.29, 0.717) is 47.4 Å². The maximum absolute atomic E-state index is 6.23. The van der Waals surface area contributed by atoms with Crippen molar-refractivity contribution in [1.82, 2.24) is 84.2 Å². The second-order valence-electron chi connectivity index (χ2n) is 26.6. The zero-order chi connectivity index (χ0) is 87.8. The van der Waals surface area contributed by atoms with Gasteiger partial charge in [0.05, 0.1) is 102 Å². The normalized spacial score (nSPS) is 12.2. The molecule has 634 valence electrons. The molecule has 0 bridgehead atoms. The van der Waals surface area contributed by atoms with Gasteiger partial charge in [-0.05, 0) is 171 Å². The van der Waals surface area contributed by atoms with Crippen molar-refractivity contribution in [3.8, 4) is 11.3 Å². The van der Waals surface area contributed by atoms with Crippen LogP contribution in [0.5, 0.6) is 0 Å². The quantitative estimate of drug-likeness (QED) is 0.0933. The lowest BCUT2D eigenvalue weighted by Crippen LogP contribution is -2.10. The van der Waals surface area contributed by atoms with E-state index in [1.54, 1.807) is 55.9 Å². The third-order valence-electron chi connectivity index (χ3n) is 20.0. The monoisotopic (exact) mass is 1620 g/mol. The van der Waals surface area contributed by atoms with E-state index < -0.39 is 0 Å². The van der Waals surface area contributed by atoms with Crippen molar-refractivity contribution in [1.29, 1.82) is 0 Å². The van der Waals surface area contributed by atoms with Gasteiger partial charge in [-0.1, -0.05) is 256 Å². The number of nitrogens with two attached hydrogens (primary N) is 4. The highest BCUT2D eigenvalue weighted by molar-refractivity contribution is 6.00. The van der Waals surface area contributed by atoms with Gasteiger partial charge in [0.25, 0.3) is 0 Å². The lowest BCUT2D eigenvalue weighted by Gasteiger charge is -2.11. The summed E-state index contributed by atoms with van der Waals surface area (Å²) in [5.41, 5.74) is 46.9. The lowest BCUT2D eigenvalue weighted by atomic mass is 10.1. The summed E-state index contributed by atoms with van der Waals surface area (Å²) in [6.07, 6.45) is 23.9. The number of anilines is 4. The number of nitrogen functional groups attached to an aromatic ring is 4. The SMILES string of the molecule is CC.CC.CC.CC.CC.CC.CC.CC.Cc1nn(C2Cc3ccccc3C2)c2ccnc(N)c12.Cc1nn(C2Cc3ccccc3C2)c2ccnc(N)c12.Cc1nn(C2Cc3ccccc3C2)c2ccnc(N)c12.Nc1nccc2c1c(-c1ccccc1)nn2C1Cc2ccccc2C1.c1ccc2[nH]cnc2c1.c1ccncc1.c1cn[nH]c1. The fourth-order valence-electron chi connectivity index (χ4n) is 15.1. The highest BCUT2D eigenvalue weighted by Gasteiger charge is 2.30. The summed E-state index contributed by atoms with van der Waals surface area (Å²) in [5, 5.41) is 29.2. The van der Waals surface area contributed by atoms with E-state index in [-0.39, 0.29) is 0 Å². The van der Waals surface area contributed by atoms with Gasteiger partial charge in [0, 0.05) is 55.1 Å². The molecule has 21 rings (SSSR count). The number of aromatic nitrogens is 17. The number of nitrogens with one attached hydrogen (secondary N) is 2. The van der Waals surface area contributed by atoms with E-state index in [4.69, 9.17) is 43.3 Å². The number of imidazole rings is 1. The summed E-state index contributed by atoms with van der Waals surface area (Å²) in [7, 11) is 0. The Labute approximate surface area is 717 Å². The summed E-state index contributed by atoms with van der Waals surface area (Å²) in [5.74, 6) is 2.25. The van der Waals surface area contributed by atoms with E-state index in [1.807, 2.05) is 223 Å². The number of hydrogen-bond acceptors (Lipinski definition) is 15. The van der Waals surface area contributed by atoms with Crippen molar-refractivity contribution < 1.29 is 0 Å². The Morgan fingerprint density at radius 3 is 0.860 bits per heavy atom. The van der Waals surface area contributed by atoms with Gasteiger partial charge in [0.1, 0.15) is 29.0 Å². The molecule has 0 amide bonds. The number of pyridine rings is 5. The van der Waals surface area contributed by atoms with E-state index in [1.165, 1.54) is 44.5 Å². The molecule has 121 heavy (non-hydrogen) atoms. The summed E-state index contributed by atoms with van der Waals surface area (Å²) < 4.78 is 8.53. The molecule has 4 aliphatic carbocycles. The maximum atomic E-state index is 6.23. The number of aromatic amines is 2. The standard InChI is InChI=1S/C21H18N4.3C16H16N4.C7H6N2.C5H5N.C3H4N2.8C2H6/c22-21-19-18(10-11-23-21)25(24-20(19)14-6-2-1-3-7-14)17-12-15-8-4-5-9-16(15)13-17;3*1-10-15-14(6-7-18-16(15)17)20(19-10)13-8-11-4-2-3-5-12(11)9-13;1-2-4-7-6(3-1)8-5-9-7;1-2-4-6-5-3-1;1-2-4-5-3-1;8*1-2/h1-11,17H,12-13H2,(H2,22,23);3*2-7,13H,8-9H2,1H3,(H2,17,18);1-5H,(H,8,9);1-5H;1-3H,(H,4,5);8*1-2H3. The van der Waals surface area contributed by atoms with Crippen molar-refractivity contribution in [2.24, 2.45) is 0 Å². The minimum absolute atomic E-state index is 0.319. The molecule has 11 aromatic heterocycles. The zero-order valence-electron chi connectivity index (χ0n) is 74.7. The topological polar surface area (TPSA) is 297 Å². The highest BCUT2D eigenvalue weighted by atomic mass is 15.3. The fourth-order valence-corrected chi connectivity index (χ4v) is 15.1. The van der Waals surface area contributed by atoms with Gasteiger partial charge in [0.15, 0.2) is 0 Å². The van der Waals surface area contributed by atoms with Gasteiger partial charge in [-0.2, -0.15) is 25.5 Å². The first kappa shape index (κ1) is 95.0. The van der Waals surface area contributed by atoms with Crippen LogP contribution in [-0.4, -0.2) is 84.2 Å². The first-order chi connectivity index (χ1) is 59.5. The summed E-state index contributed by atoms with van der Waals surface area (Å²) >= 11 is 0. The second kappa shape index (κ2) is 49.9. The van der Waals surface area contributed by atoms with Crippen LogP contribution in [0.2, 0.25) is 0 Å². The van der Waals surface area contributed by atoms with Gasteiger partial charge in [0.2, 0.25) is 0 Å². The molecule has 0 atom stereocenters. The third kappa shape index (κ3) is 23.6. The third-order valence-corrected chi connectivity index (χ3v) is 20.0. The Morgan fingerprint density at radius 2 is 0.579 bits per heavy atom. The second-order valence-corrected chi connectivity index (χ2v) is 26.6. The van der Waals surface area contributed by atoms with Gasteiger partial charge < -0.3 is 27.9 Å². The molecule has 6 aromatic carbocycles. The molecule has 4 aliphatic rings. The van der Waals surface area contributed by atoms with Crippen LogP contribution in [0.15, 0.2) is 256 Å². The van der Waals surface area contributed by atoms with Crippen molar-refractivity contribution in [3.05, 3.63) is 318 Å².